The van der Waals surface area contributed by atoms with E-state index in [2.05, 4.69) is 26.6 Å². The minimum Gasteiger partial charge on any atom is -0.483 e. The normalized spacial score (nSPS) is 10.2. The van der Waals surface area contributed by atoms with Crippen molar-refractivity contribution in [2.45, 2.75) is 6.92 Å². The Kier molecular flexibility index (Phi) is 6.45. The second-order valence-electron chi connectivity index (χ2n) is 6.17. The highest BCUT2D eigenvalue weighted by Crippen LogP contribution is 2.25. The number of benzene rings is 3. The molecule has 0 aliphatic rings. The molecule has 28 heavy (non-hydrogen) atoms. The van der Waals surface area contributed by atoms with Crippen LogP contribution in [0.25, 0.3) is 0 Å². The molecule has 3 aromatic carbocycles. The fourth-order valence-electron chi connectivity index (χ4n) is 2.49. The Labute approximate surface area is 171 Å². The van der Waals surface area contributed by atoms with Crippen molar-refractivity contribution in [1.82, 2.24) is 0 Å². The lowest BCUT2D eigenvalue weighted by atomic mass is 10.2. The van der Waals surface area contributed by atoms with E-state index in [0.717, 1.165) is 10.0 Å². The molecular weight excluding hydrogens is 420 g/mol. The fraction of sp³-hybridized carbons (Fsp3) is 0.0909. The number of amides is 2. The number of nitrogens with one attached hydrogen (secondary N) is 2. The largest absolute Gasteiger partial charge is 0.483 e. The van der Waals surface area contributed by atoms with Gasteiger partial charge in [0.25, 0.3) is 11.8 Å². The smallest absolute Gasteiger partial charge is 0.262 e. The van der Waals surface area contributed by atoms with Crippen LogP contribution >= 0.6 is 15.9 Å². The Morgan fingerprint density at radius 1 is 0.893 bits per heavy atom. The summed E-state index contributed by atoms with van der Waals surface area (Å²) in [5, 5.41) is 5.58. The zero-order chi connectivity index (χ0) is 19.9. The van der Waals surface area contributed by atoms with Crippen molar-refractivity contribution in [3.8, 4) is 5.75 Å². The summed E-state index contributed by atoms with van der Waals surface area (Å²) in [5.74, 6) is 0.155. The van der Waals surface area contributed by atoms with Gasteiger partial charge >= 0.3 is 0 Å². The molecule has 0 fully saturated rings. The monoisotopic (exact) mass is 438 g/mol. The molecule has 0 bridgehead atoms. The topological polar surface area (TPSA) is 67.4 Å². The summed E-state index contributed by atoms with van der Waals surface area (Å²) in [7, 11) is 0. The summed E-state index contributed by atoms with van der Waals surface area (Å²) in [6, 6.07) is 21.5. The number of hydrogen-bond acceptors (Lipinski definition) is 3. The van der Waals surface area contributed by atoms with E-state index in [9.17, 15) is 9.59 Å². The maximum absolute atomic E-state index is 12.1. The lowest BCUT2D eigenvalue weighted by molar-refractivity contribution is -0.118. The summed E-state index contributed by atoms with van der Waals surface area (Å²) in [6.45, 7) is 1.88. The van der Waals surface area contributed by atoms with Gasteiger partial charge in [-0.3, -0.25) is 9.59 Å². The van der Waals surface area contributed by atoms with E-state index < -0.39 is 0 Å². The number of ether oxygens (including phenoxy) is 1. The number of anilines is 2. The standard InChI is InChI=1S/C22H19BrN2O3/c1-15-7-12-20(19(23)13-15)28-14-21(26)24-17-8-10-18(11-9-17)25-22(27)16-5-3-2-4-6-16/h2-13H,14H2,1H3,(H,24,26)(H,25,27). The molecule has 2 amide bonds. The molecule has 0 heterocycles. The van der Waals surface area contributed by atoms with E-state index >= 15 is 0 Å². The Morgan fingerprint density at radius 3 is 2.18 bits per heavy atom. The van der Waals surface area contributed by atoms with Gasteiger partial charge in [0.2, 0.25) is 0 Å². The first-order valence-corrected chi connectivity index (χ1v) is 9.46. The van der Waals surface area contributed by atoms with Crippen LogP contribution < -0.4 is 15.4 Å². The molecule has 5 nitrogen and oxygen atoms in total. The zero-order valence-electron chi connectivity index (χ0n) is 15.2. The average molecular weight is 439 g/mol. The first kappa shape index (κ1) is 19.6. The van der Waals surface area contributed by atoms with Crippen molar-refractivity contribution in [3.63, 3.8) is 0 Å². The molecule has 0 aliphatic heterocycles. The van der Waals surface area contributed by atoms with Crippen LogP contribution in [-0.2, 0) is 4.79 Å². The van der Waals surface area contributed by atoms with E-state index in [0.29, 0.717) is 22.7 Å². The third-order valence-corrected chi connectivity index (χ3v) is 4.53. The van der Waals surface area contributed by atoms with E-state index in [1.807, 2.05) is 43.3 Å². The van der Waals surface area contributed by atoms with Crippen molar-refractivity contribution < 1.29 is 14.3 Å². The van der Waals surface area contributed by atoms with Crippen LogP contribution in [0.3, 0.4) is 0 Å². The maximum Gasteiger partial charge on any atom is 0.262 e. The second kappa shape index (κ2) is 9.19. The Hall–Kier alpha value is -3.12. The zero-order valence-corrected chi connectivity index (χ0v) is 16.8. The summed E-state index contributed by atoms with van der Waals surface area (Å²) >= 11 is 3.42. The molecule has 0 aliphatic carbocycles. The van der Waals surface area contributed by atoms with Crippen LogP contribution in [0.1, 0.15) is 15.9 Å². The van der Waals surface area contributed by atoms with Gasteiger partial charge in [-0.25, -0.2) is 0 Å². The number of carbonyl (C=O) groups is 2. The molecule has 6 heteroatoms. The third-order valence-electron chi connectivity index (χ3n) is 3.91. The van der Waals surface area contributed by atoms with Gasteiger partial charge in [-0.15, -0.1) is 0 Å². The molecule has 0 radical (unpaired) electrons. The van der Waals surface area contributed by atoms with Crippen molar-refractivity contribution in [1.29, 1.82) is 0 Å². The Balaban J connectivity index is 1.52. The lowest BCUT2D eigenvalue weighted by Gasteiger charge is -2.10. The molecule has 3 rings (SSSR count). The summed E-state index contributed by atoms with van der Waals surface area (Å²) < 4.78 is 6.34. The summed E-state index contributed by atoms with van der Waals surface area (Å²) in [4.78, 5) is 24.2. The first-order chi connectivity index (χ1) is 13.5. The average Bonchev–Trinajstić information content (AvgIpc) is 2.69. The number of halogens is 1. The SMILES string of the molecule is Cc1ccc(OCC(=O)Nc2ccc(NC(=O)c3ccccc3)cc2)c(Br)c1. The predicted octanol–water partition coefficient (Wildman–Crippen LogP) is 5.03. The van der Waals surface area contributed by atoms with Crippen LogP contribution in [0, 0.1) is 6.92 Å². The molecule has 0 aromatic heterocycles. The Morgan fingerprint density at radius 2 is 1.54 bits per heavy atom. The molecule has 0 atom stereocenters. The van der Waals surface area contributed by atoms with E-state index in [1.54, 1.807) is 36.4 Å². The van der Waals surface area contributed by atoms with Crippen molar-refractivity contribution in [2.75, 3.05) is 17.2 Å². The molecule has 0 saturated heterocycles. The van der Waals surface area contributed by atoms with Gasteiger partial charge in [0.1, 0.15) is 5.75 Å². The van der Waals surface area contributed by atoms with Gasteiger partial charge in [0, 0.05) is 16.9 Å². The molecule has 0 saturated carbocycles. The van der Waals surface area contributed by atoms with Gasteiger partial charge in [0.15, 0.2) is 6.61 Å². The number of carbonyl (C=O) groups excluding carboxylic acids is 2. The van der Waals surface area contributed by atoms with Gasteiger partial charge in [-0.1, -0.05) is 24.3 Å². The third kappa shape index (κ3) is 5.44. The highest BCUT2D eigenvalue weighted by molar-refractivity contribution is 9.10. The highest BCUT2D eigenvalue weighted by Gasteiger charge is 2.08. The molecule has 2 N–H and O–H groups in total. The van der Waals surface area contributed by atoms with Crippen LogP contribution in [0.5, 0.6) is 5.75 Å². The summed E-state index contributed by atoms with van der Waals surface area (Å²) in [6.07, 6.45) is 0. The summed E-state index contributed by atoms with van der Waals surface area (Å²) in [5.41, 5.74) is 2.95. The second-order valence-corrected chi connectivity index (χ2v) is 7.02. The lowest BCUT2D eigenvalue weighted by Crippen LogP contribution is -2.20. The molecule has 142 valence electrons. The van der Waals surface area contributed by atoms with Crippen molar-refractivity contribution >= 4 is 39.1 Å². The quantitative estimate of drug-likeness (QED) is 0.567. The van der Waals surface area contributed by atoms with E-state index in [1.165, 1.54) is 0 Å². The number of rotatable bonds is 6. The van der Waals surface area contributed by atoms with E-state index in [4.69, 9.17) is 4.74 Å². The first-order valence-electron chi connectivity index (χ1n) is 8.66. The van der Waals surface area contributed by atoms with Gasteiger partial charge < -0.3 is 15.4 Å². The molecular formula is C22H19BrN2O3. The minimum absolute atomic E-state index is 0.103. The van der Waals surface area contributed by atoms with Crippen molar-refractivity contribution in [3.05, 3.63) is 88.4 Å². The van der Waals surface area contributed by atoms with Crippen LogP contribution in [-0.4, -0.2) is 18.4 Å². The maximum atomic E-state index is 12.1. The Bertz CT molecular complexity index is 973. The number of aryl methyl sites for hydroxylation is 1. The van der Waals surface area contributed by atoms with Gasteiger partial charge in [-0.05, 0) is 76.9 Å². The van der Waals surface area contributed by atoms with E-state index in [-0.39, 0.29) is 18.4 Å². The van der Waals surface area contributed by atoms with Crippen molar-refractivity contribution in [2.24, 2.45) is 0 Å². The fourth-order valence-corrected chi connectivity index (χ4v) is 3.10. The molecule has 3 aromatic rings. The predicted molar refractivity (Wildman–Crippen MR) is 114 cm³/mol. The number of hydrogen-bond donors (Lipinski definition) is 2. The van der Waals surface area contributed by atoms with Crippen LogP contribution in [0.15, 0.2) is 77.3 Å². The molecule has 0 unspecified atom stereocenters. The van der Waals surface area contributed by atoms with Crippen LogP contribution in [0.2, 0.25) is 0 Å². The molecule has 0 spiro atoms. The minimum atomic E-state index is -0.270. The van der Waals surface area contributed by atoms with Gasteiger partial charge in [-0.2, -0.15) is 0 Å². The highest BCUT2D eigenvalue weighted by atomic mass is 79.9. The van der Waals surface area contributed by atoms with Crippen LogP contribution in [0.4, 0.5) is 11.4 Å². The van der Waals surface area contributed by atoms with Gasteiger partial charge in [0.05, 0.1) is 4.47 Å².